The van der Waals surface area contributed by atoms with Gasteiger partial charge in [-0.25, -0.2) is 0 Å². The van der Waals surface area contributed by atoms with Crippen molar-refractivity contribution in [2.75, 3.05) is 5.32 Å². The van der Waals surface area contributed by atoms with Gasteiger partial charge in [0.2, 0.25) is 0 Å². The van der Waals surface area contributed by atoms with Gasteiger partial charge in [0.05, 0.1) is 28.5 Å². The lowest BCUT2D eigenvalue weighted by Crippen LogP contribution is -2.12. The molecule has 0 aliphatic carbocycles. The Kier molecular flexibility index (Phi) is 3.72. The minimum Gasteiger partial charge on any atom is -0.320 e. The van der Waals surface area contributed by atoms with Crippen molar-refractivity contribution in [1.29, 1.82) is 5.26 Å². The number of halogens is 3. The number of amides is 1. The highest BCUT2D eigenvalue weighted by Crippen LogP contribution is 2.31. The van der Waals surface area contributed by atoms with Gasteiger partial charge in [-0.2, -0.15) is 18.4 Å². The summed E-state index contributed by atoms with van der Waals surface area (Å²) >= 11 is 1.09. The Hall–Kier alpha value is -2.40. The summed E-state index contributed by atoms with van der Waals surface area (Å²) in [4.78, 5) is 15.8. The molecule has 0 saturated heterocycles. The van der Waals surface area contributed by atoms with Gasteiger partial charge in [0.15, 0.2) is 0 Å². The van der Waals surface area contributed by atoms with E-state index >= 15 is 0 Å². The van der Waals surface area contributed by atoms with Gasteiger partial charge in [-0.05, 0) is 18.2 Å². The van der Waals surface area contributed by atoms with Gasteiger partial charge in [0.25, 0.3) is 5.91 Å². The molecule has 1 heterocycles. The van der Waals surface area contributed by atoms with Gasteiger partial charge < -0.3 is 5.32 Å². The average Bonchev–Trinajstić information content (AvgIpc) is 2.91. The molecule has 8 heteroatoms. The van der Waals surface area contributed by atoms with E-state index in [1.54, 1.807) is 6.07 Å². The molecule has 0 aliphatic rings. The predicted octanol–water partition coefficient (Wildman–Crippen LogP) is 3.29. The summed E-state index contributed by atoms with van der Waals surface area (Å²) in [5.74, 6) is -0.524. The Morgan fingerprint density at radius 2 is 2.15 bits per heavy atom. The molecule has 1 N–H and O–H groups in total. The summed E-state index contributed by atoms with van der Waals surface area (Å²) in [5.41, 5.74) is 0.286. The number of hydrogen-bond acceptors (Lipinski definition) is 4. The Morgan fingerprint density at radius 1 is 1.40 bits per heavy atom. The van der Waals surface area contributed by atoms with Crippen molar-refractivity contribution in [2.24, 2.45) is 0 Å². The van der Waals surface area contributed by atoms with Gasteiger partial charge in [0.1, 0.15) is 10.9 Å². The zero-order valence-electron chi connectivity index (χ0n) is 9.73. The number of hydrogen-bond donors (Lipinski definition) is 1. The third-order valence-corrected chi connectivity index (χ3v) is 3.14. The molecule has 0 saturated carbocycles. The first-order valence-electron chi connectivity index (χ1n) is 5.23. The lowest BCUT2D eigenvalue weighted by atomic mass is 10.1. The first-order chi connectivity index (χ1) is 9.41. The Bertz CT molecular complexity index is 674. The standard InChI is InChI=1S/C12H6F3N3OS/c13-12(14,15)8-1-2-9(7(3-8)4-16)18-11(19)10-5-17-6-20-10/h1-3,5-6H,(H,18,19). The summed E-state index contributed by atoms with van der Waals surface area (Å²) in [7, 11) is 0. The van der Waals surface area contributed by atoms with Crippen LogP contribution in [0.15, 0.2) is 29.9 Å². The van der Waals surface area contributed by atoms with Crippen LogP contribution in [0.3, 0.4) is 0 Å². The number of anilines is 1. The maximum atomic E-state index is 12.5. The van der Waals surface area contributed by atoms with Gasteiger partial charge in [-0.15, -0.1) is 11.3 Å². The Labute approximate surface area is 115 Å². The fraction of sp³-hybridized carbons (Fsp3) is 0.0833. The lowest BCUT2D eigenvalue weighted by molar-refractivity contribution is -0.137. The maximum absolute atomic E-state index is 12.5. The summed E-state index contributed by atoms with van der Waals surface area (Å²) in [5, 5.41) is 11.3. The van der Waals surface area contributed by atoms with Crippen molar-refractivity contribution in [2.45, 2.75) is 6.18 Å². The van der Waals surface area contributed by atoms with E-state index in [0.717, 1.165) is 23.5 Å². The topological polar surface area (TPSA) is 65.8 Å². The number of nitrogens with zero attached hydrogens (tertiary/aromatic N) is 2. The fourth-order valence-corrected chi connectivity index (χ4v) is 1.95. The maximum Gasteiger partial charge on any atom is 0.416 e. The van der Waals surface area contributed by atoms with E-state index in [0.29, 0.717) is 10.9 Å². The summed E-state index contributed by atoms with van der Waals surface area (Å²) in [6.45, 7) is 0. The van der Waals surface area contributed by atoms with Crippen LogP contribution in [0.25, 0.3) is 0 Å². The normalized spacial score (nSPS) is 10.9. The number of rotatable bonds is 2. The minimum absolute atomic E-state index is 0.0268. The molecular formula is C12H6F3N3OS. The summed E-state index contributed by atoms with van der Waals surface area (Å²) in [6.07, 6.45) is -3.21. The first-order valence-corrected chi connectivity index (χ1v) is 6.11. The van der Waals surface area contributed by atoms with Crippen LogP contribution >= 0.6 is 11.3 Å². The van der Waals surface area contributed by atoms with Crippen LogP contribution in [-0.2, 0) is 6.18 Å². The molecule has 0 atom stereocenters. The second-order valence-electron chi connectivity index (χ2n) is 3.69. The van der Waals surface area contributed by atoms with E-state index in [2.05, 4.69) is 10.3 Å². The molecule has 4 nitrogen and oxygen atoms in total. The molecule has 0 fully saturated rings. The van der Waals surface area contributed by atoms with Crippen molar-refractivity contribution in [3.8, 4) is 6.07 Å². The quantitative estimate of drug-likeness (QED) is 0.925. The van der Waals surface area contributed by atoms with E-state index in [4.69, 9.17) is 5.26 Å². The molecule has 20 heavy (non-hydrogen) atoms. The highest BCUT2D eigenvalue weighted by molar-refractivity contribution is 7.11. The number of carbonyl (C=O) groups excluding carboxylic acids is 1. The zero-order valence-corrected chi connectivity index (χ0v) is 10.5. The number of carbonyl (C=O) groups is 1. The number of aromatic nitrogens is 1. The van der Waals surface area contributed by atoms with E-state index in [-0.39, 0.29) is 11.3 Å². The molecular weight excluding hydrogens is 291 g/mol. The molecule has 0 spiro atoms. The second-order valence-corrected chi connectivity index (χ2v) is 4.58. The van der Waals surface area contributed by atoms with Crippen LogP contribution in [0, 0.1) is 11.3 Å². The van der Waals surface area contributed by atoms with Crippen molar-refractivity contribution < 1.29 is 18.0 Å². The molecule has 0 bridgehead atoms. The molecule has 0 unspecified atom stereocenters. The van der Waals surface area contributed by atoms with Crippen LogP contribution < -0.4 is 5.32 Å². The van der Waals surface area contributed by atoms with E-state index < -0.39 is 17.6 Å². The molecule has 2 rings (SSSR count). The largest absolute Gasteiger partial charge is 0.416 e. The first kappa shape index (κ1) is 14.0. The number of benzene rings is 1. The van der Waals surface area contributed by atoms with Crippen LogP contribution in [0.1, 0.15) is 20.8 Å². The van der Waals surface area contributed by atoms with Crippen LogP contribution in [0.5, 0.6) is 0 Å². The average molecular weight is 297 g/mol. The van der Waals surface area contributed by atoms with Crippen molar-refractivity contribution in [1.82, 2.24) is 4.98 Å². The predicted molar refractivity (Wildman–Crippen MR) is 66.2 cm³/mol. The van der Waals surface area contributed by atoms with E-state index in [1.165, 1.54) is 11.7 Å². The van der Waals surface area contributed by atoms with E-state index in [9.17, 15) is 18.0 Å². The Morgan fingerprint density at radius 3 is 2.70 bits per heavy atom. The highest BCUT2D eigenvalue weighted by Gasteiger charge is 2.31. The van der Waals surface area contributed by atoms with Crippen molar-refractivity contribution in [3.63, 3.8) is 0 Å². The zero-order chi connectivity index (χ0) is 14.8. The van der Waals surface area contributed by atoms with Crippen LogP contribution in [0.4, 0.5) is 18.9 Å². The number of alkyl halides is 3. The highest BCUT2D eigenvalue weighted by atomic mass is 32.1. The smallest absolute Gasteiger partial charge is 0.320 e. The number of nitrogens with one attached hydrogen (secondary N) is 1. The van der Waals surface area contributed by atoms with Gasteiger partial charge in [0, 0.05) is 0 Å². The van der Waals surface area contributed by atoms with Gasteiger partial charge >= 0.3 is 6.18 Å². The SMILES string of the molecule is N#Cc1cc(C(F)(F)F)ccc1NC(=O)c1cncs1. The minimum atomic E-state index is -4.54. The van der Waals surface area contributed by atoms with Crippen LogP contribution in [0.2, 0.25) is 0 Å². The molecule has 1 aromatic carbocycles. The number of thiazole rings is 1. The molecule has 0 radical (unpaired) electrons. The summed E-state index contributed by atoms with van der Waals surface area (Å²) in [6, 6.07) is 4.19. The fourth-order valence-electron chi connectivity index (χ4n) is 1.43. The summed E-state index contributed by atoms with van der Waals surface area (Å²) < 4.78 is 37.6. The monoisotopic (exact) mass is 297 g/mol. The third kappa shape index (κ3) is 2.95. The van der Waals surface area contributed by atoms with E-state index in [1.807, 2.05) is 0 Å². The van der Waals surface area contributed by atoms with Gasteiger partial charge in [-0.3, -0.25) is 9.78 Å². The lowest BCUT2D eigenvalue weighted by Gasteiger charge is -2.10. The van der Waals surface area contributed by atoms with Gasteiger partial charge in [-0.1, -0.05) is 0 Å². The molecule has 1 aromatic heterocycles. The second kappa shape index (κ2) is 5.30. The molecule has 2 aromatic rings. The molecule has 0 aliphatic heterocycles. The Balaban J connectivity index is 2.29. The molecule has 102 valence electrons. The van der Waals surface area contributed by atoms with Crippen LogP contribution in [-0.4, -0.2) is 10.9 Å². The van der Waals surface area contributed by atoms with Crippen molar-refractivity contribution in [3.05, 3.63) is 45.9 Å². The third-order valence-electron chi connectivity index (χ3n) is 2.37. The molecule has 1 amide bonds. The number of nitriles is 1. The van der Waals surface area contributed by atoms with Crippen molar-refractivity contribution >= 4 is 22.9 Å².